The molecule has 2 rings (SSSR count). The van der Waals surface area contributed by atoms with Gasteiger partial charge in [-0.1, -0.05) is 32.4 Å². The number of piperazine rings is 1. The normalized spacial score (nSPS) is 18.3. The molecule has 0 radical (unpaired) electrons. The molecule has 26 heavy (non-hydrogen) atoms. The molecule has 1 fully saturated rings. The molecule has 0 saturated carbocycles. The molecule has 0 spiro atoms. The Hall–Kier alpha value is -1.79. The third-order valence-electron chi connectivity index (χ3n) is 5.01. The predicted molar refractivity (Wildman–Crippen MR) is 104 cm³/mol. The maximum atomic E-state index is 11.0. The van der Waals surface area contributed by atoms with E-state index in [1.165, 1.54) is 12.8 Å². The van der Waals surface area contributed by atoms with Gasteiger partial charge in [0.2, 0.25) is 0 Å². The van der Waals surface area contributed by atoms with Crippen LogP contribution in [0.2, 0.25) is 0 Å². The third kappa shape index (κ3) is 6.50. The van der Waals surface area contributed by atoms with E-state index in [2.05, 4.69) is 48.1 Å². The zero-order chi connectivity index (χ0) is 18.9. The number of nitrogens with one attached hydrogen (secondary N) is 1. The standard InChI is InChI=1S/C20H33N3O3/c1-4-5-16(2)15-26-18-8-6-17(7-9-18)19(14-21-20(24)25)23-12-10-22(3)11-13-23/h6-9,16,19,21H,4-5,10-15H2,1-3H3,(H,24,25). The zero-order valence-electron chi connectivity index (χ0n) is 16.3. The lowest BCUT2D eigenvalue weighted by Gasteiger charge is -2.38. The number of carboxylic acid groups (broad SMARTS) is 1. The Balaban J connectivity index is 2.00. The minimum Gasteiger partial charge on any atom is -0.493 e. The summed E-state index contributed by atoms with van der Waals surface area (Å²) < 4.78 is 5.88. The maximum Gasteiger partial charge on any atom is 0.404 e. The molecule has 1 aliphatic heterocycles. The molecule has 2 unspecified atom stereocenters. The summed E-state index contributed by atoms with van der Waals surface area (Å²) in [5.41, 5.74) is 1.12. The Kier molecular flexibility index (Phi) is 8.19. The summed E-state index contributed by atoms with van der Waals surface area (Å²) >= 11 is 0. The lowest BCUT2D eigenvalue weighted by atomic mass is 10.0. The number of amides is 1. The summed E-state index contributed by atoms with van der Waals surface area (Å²) in [4.78, 5) is 15.6. The van der Waals surface area contributed by atoms with Crippen LogP contribution in [0.4, 0.5) is 4.79 Å². The lowest BCUT2D eigenvalue weighted by molar-refractivity contribution is 0.109. The zero-order valence-corrected chi connectivity index (χ0v) is 16.3. The SMILES string of the molecule is CCCC(C)COc1ccc(C(CNC(=O)O)N2CCN(C)CC2)cc1. The van der Waals surface area contributed by atoms with Crippen molar-refractivity contribution in [3.63, 3.8) is 0 Å². The first kappa shape index (κ1) is 20.5. The number of nitrogens with zero attached hydrogens (tertiary/aromatic N) is 2. The van der Waals surface area contributed by atoms with Gasteiger partial charge in [0.15, 0.2) is 0 Å². The monoisotopic (exact) mass is 363 g/mol. The Morgan fingerprint density at radius 3 is 2.46 bits per heavy atom. The number of carbonyl (C=O) groups is 1. The molecular weight excluding hydrogens is 330 g/mol. The molecule has 0 bridgehead atoms. The van der Waals surface area contributed by atoms with Crippen molar-refractivity contribution in [1.29, 1.82) is 0 Å². The van der Waals surface area contributed by atoms with Crippen LogP contribution < -0.4 is 10.1 Å². The molecule has 1 aromatic carbocycles. The van der Waals surface area contributed by atoms with Crippen LogP contribution in [0, 0.1) is 5.92 Å². The summed E-state index contributed by atoms with van der Waals surface area (Å²) in [6.45, 7) is 9.40. The smallest absolute Gasteiger partial charge is 0.404 e. The van der Waals surface area contributed by atoms with Gasteiger partial charge in [-0.25, -0.2) is 4.79 Å². The molecule has 2 N–H and O–H groups in total. The summed E-state index contributed by atoms with van der Waals surface area (Å²) in [6, 6.07) is 8.17. The van der Waals surface area contributed by atoms with Gasteiger partial charge in [0.05, 0.1) is 12.6 Å². The van der Waals surface area contributed by atoms with Crippen molar-refractivity contribution in [3.8, 4) is 5.75 Å². The van der Waals surface area contributed by atoms with Gasteiger partial charge in [0.25, 0.3) is 0 Å². The molecule has 1 heterocycles. The quantitative estimate of drug-likeness (QED) is 0.706. The van der Waals surface area contributed by atoms with Crippen molar-refractivity contribution >= 4 is 6.09 Å². The van der Waals surface area contributed by atoms with Crippen molar-refractivity contribution in [1.82, 2.24) is 15.1 Å². The van der Waals surface area contributed by atoms with Crippen LogP contribution in [0.25, 0.3) is 0 Å². The van der Waals surface area contributed by atoms with Gasteiger partial charge in [-0.3, -0.25) is 4.90 Å². The molecule has 6 heteroatoms. The van der Waals surface area contributed by atoms with E-state index in [9.17, 15) is 4.79 Å². The first-order valence-electron chi connectivity index (χ1n) is 9.61. The first-order chi connectivity index (χ1) is 12.5. The van der Waals surface area contributed by atoms with Gasteiger partial charge < -0.3 is 20.1 Å². The van der Waals surface area contributed by atoms with E-state index >= 15 is 0 Å². The molecule has 0 aromatic heterocycles. The third-order valence-corrected chi connectivity index (χ3v) is 5.01. The summed E-state index contributed by atoms with van der Waals surface area (Å²) in [6.07, 6.45) is 1.37. The molecule has 146 valence electrons. The average Bonchev–Trinajstić information content (AvgIpc) is 2.62. The van der Waals surface area contributed by atoms with Gasteiger partial charge in [-0.2, -0.15) is 0 Å². The van der Waals surface area contributed by atoms with Crippen LogP contribution in [0.15, 0.2) is 24.3 Å². The van der Waals surface area contributed by atoms with E-state index < -0.39 is 6.09 Å². The minimum absolute atomic E-state index is 0.0489. The van der Waals surface area contributed by atoms with Crippen LogP contribution in [0.3, 0.4) is 0 Å². The van der Waals surface area contributed by atoms with E-state index in [1.54, 1.807) is 0 Å². The number of likely N-dealkylation sites (N-methyl/N-ethyl adjacent to an activating group) is 1. The van der Waals surface area contributed by atoms with Crippen molar-refractivity contribution in [3.05, 3.63) is 29.8 Å². The number of hydrogen-bond acceptors (Lipinski definition) is 4. The second-order valence-corrected chi connectivity index (χ2v) is 7.31. The topological polar surface area (TPSA) is 65.0 Å². The predicted octanol–water partition coefficient (Wildman–Crippen LogP) is 3.06. The van der Waals surface area contributed by atoms with E-state index in [0.717, 1.165) is 44.1 Å². The highest BCUT2D eigenvalue weighted by Gasteiger charge is 2.24. The Morgan fingerprint density at radius 2 is 1.88 bits per heavy atom. The molecule has 1 aromatic rings. The van der Waals surface area contributed by atoms with Crippen molar-refractivity contribution in [2.75, 3.05) is 46.4 Å². The number of rotatable bonds is 9. The van der Waals surface area contributed by atoms with Crippen LogP contribution >= 0.6 is 0 Å². The Labute approximate surface area is 157 Å². The molecule has 0 aliphatic carbocycles. The summed E-state index contributed by atoms with van der Waals surface area (Å²) in [7, 11) is 2.12. The largest absolute Gasteiger partial charge is 0.493 e. The Morgan fingerprint density at radius 1 is 1.23 bits per heavy atom. The van der Waals surface area contributed by atoms with Gasteiger partial charge in [0.1, 0.15) is 5.75 Å². The van der Waals surface area contributed by atoms with E-state index in [0.29, 0.717) is 12.5 Å². The van der Waals surface area contributed by atoms with Crippen LogP contribution in [-0.4, -0.2) is 67.4 Å². The highest BCUT2D eigenvalue weighted by molar-refractivity contribution is 5.64. The molecule has 1 aliphatic rings. The Bertz CT molecular complexity index is 542. The van der Waals surface area contributed by atoms with Gasteiger partial charge in [-0.15, -0.1) is 0 Å². The lowest BCUT2D eigenvalue weighted by Crippen LogP contribution is -2.48. The van der Waals surface area contributed by atoms with Crippen molar-refractivity contribution in [2.24, 2.45) is 5.92 Å². The maximum absolute atomic E-state index is 11.0. The fourth-order valence-corrected chi connectivity index (χ4v) is 3.38. The number of ether oxygens (including phenoxy) is 1. The highest BCUT2D eigenvalue weighted by Crippen LogP contribution is 2.24. The molecule has 2 atom stereocenters. The molecule has 1 amide bonds. The van der Waals surface area contributed by atoms with Gasteiger partial charge >= 0.3 is 6.09 Å². The summed E-state index contributed by atoms with van der Waals surface area (Å²) in [5.74, 6) is 1.43. The van der Waals surface area contributed by atoms with Crippen LogP contribution in [0.5, 0.6) is 5.75 Å². The fraction of sp³-hybridized carbons (Fsp3) is 0.650. The number of benzene rings is 1. The highest BCUT2D eigenvalue weighted by atomic mass is 16.5. The van der Waals surface area contributed by atoms with E-state index in [-0.39, 0.29) is 6.04 Å². The van der Waals surface area contributed by atoms with Gasteiger partial charge in [-0.05, 0) is 37.1 Å². The average molecular weight is 364 g/mol. The van der Waals surface area contributed by atoms with Crippen molar-refractivity contribution in [2.45, 2.75) is 32.7 Å². The molecule has 6 nitrogen and oxygen atoms in total. The van der Waals surface area contributed by atoms with Crippen LogP contribution in [-0.2, 0) is 0 Å². The van der Waals surface area contributed by atoms with Gasteiger partial charge in [0, 0.05) is 32.7 Å². The molecular formula is C20H33N3O3. The minimum atomic E-state index is -0.978. The van der Waals surface area contributed by atoms with Crippen molar-refractivity contribution < 1.29 is 14.6 Å². The second-order valence-electron chi connectivity index (χ2n) is 7.31. The van der Waals surface area contributed by atoms with Crippen LogP contribution in [0.1, 0.15) is 38.3 Å². The fourth-order valence-electron chi connectivity index (χ4n) is 3.38. The van der Waals surface area contributed by atoms with E-state index in [1.807, 2.05) is 12.1 Å². The first-order valence-corrected chi connectivity index (χ1v) is 9.61. The summed E-state index contributed by atoms with van der Waals surface area (Å²) in [5, 5.41) is 11.6. The molecule has 1 saturated heterocycles. The number of hydrogen-bond donors (Lipinski definition) is 2. The van der Waals surface area contributed by atoms with E-state index in [4.69, 9.17) is 9.84 Å². The second kappa shape index (κ2) is 10.4.